The van der Waals surface area contributed by atoms with E-state index in [1.54, 1.807) is 11.3 Å². The lowest BCUT2D eigenvalue weighted by atomic mass is 10.1. The minimum atomic E-state index is -0.362. The van der Waals surface area contributed by atoms with E-state index in [2.05, 4.69) is 25.1 Å². The van der Waals surface area contributed by atoms with Gasteiger partial charge in [-0.3, -0.25) is 0 Å². The lowest BCUT2D eigenvalue weighted by Gasteiger charge is -1.99. The average molecular weight is 317 g/mol. The number of methoxy groups -OCH3 is 1. The number of carbonyl (C=O) groups excluding carboxylic acids is 1. The summed E-state index contributed by atoms with van der Waals surface area (Å²) >= 11 is 3.15. The molecule has 0 saturated carbocycles. The zero-order valence-electron chi connectivity index (χ0n) is 11.8. The third-order valence-corrected chi connectivity index (χ3v) is 5.95. The maximum absolute atomic E-state index is 11.8. The number of benzene rings is 1. The summed E-state index contributed by atoms with van der Waals surface area (Å²) in [5.41, 5.74) is 7.73. The molecule has 21 heavy (non-hydrogen) atoms. The van der Waals surface area contributed by atoms with Gasteiger partial charge in [-0.05, 0) is 29.5 Å². The van der Waals surface area contributed by atoms with Crippen molar-refractivity contribution in [3.8, 4) is 9.75 Å². The van der Waals surface area contributed by atoms with Crippen molar-refractivity contribution in [2.24, 2.45) is 0 Å². The van der Waals surface area contributed by atoms with Crippen LogP contribution in [0, 0.1) is 0 Å². The molecule has 0 spiro atoms. The van der Waals surface area contributed by atoms with Crippen molar-refractivity contribution in [2.75, 3.05) is 12.8 Å². The van der Waals surface area contributed by atoms with Crippen LogP contribution < -0.4 is 5.73 Å². The molecule has 0 amide bonds. The van der Waals surface area contributed by atoms with Gasteiger partial charge in [0.2, 0.25) is 0 Å². The van der Waals surface area contributed by atoms with Crippen molar-refractivity contribution in [3.63, 3.8) is 0 Å². The third-order valence-electron chi connectivity index (χ3n) is 3.42. The first kappa shape index (κ1) is 14.1. The molecule has 0 unspecified atom stereocenters. The Labute approximate surface area is 131 Å². The first-order chi connectivity index (χ1) is 10.2. The van der Waals surface area contributed by atoms with Gasteiger partial charge in [0.05, 0.1) is 17.7 Å². The fourth-order valence-corrected chi connectivity index (χ4v) is 4.79. The van der Waals surface area contributed by atoms with Gasteiger partial charge in [0.1, 0.15) is 4.88 Å². The molecule has 2 heterocycles. The summed E-state index contributed by atoms with van der Waals surface area (Å²) in [5.74, 6) is -0.362. The topological polar surface area (TPSA) is 52.3 Å². The molecule has 3 nitrogen and oxygen atoms in total. The van der Waals surface area contributed by atoms with Crippen LogP contribution in [0.2, 0.25) is 0 Å². The molecule has 1 aromatic carbocycles. The van der Waals surface area contributed by atoms with Gasteiger partial charge in [-0.15, -0.1) is 22.7 Å². The van der Waals surface area contributed by atoms with Crippen LogP contribution in [-0.4, -0.2) is 13.1 Å². The van der Waals surface area contributed by atoms with E-state index >= 15 is 0 Å². The molecule has 3 rings (SSSR count). The highest BCUT2D eigenvalue weighted by Gasteiger charge is 2.22. The summed E-state index contributed by atoms with van der Waals surface area (Å²) in [4.78, 5) is 14.6. The van der Waals surface area contributed by atoms with Crippen molar-refractivity contribution in [2.45, 2.75) is 13.3 Å². The highest BCUT2D eigenvalue weighted by atomic mass is 32.1. The van der Waals surface area contributed by atoms with Crippen molar-refractivity contribution in [3.05, 3.63) is 40.8 Å². The van der Waals surface area contributed by atoms with Gasteiger partial charge in [0.25, 0.3) is 0 Å². The van der Waals surface area contributed by atoms with Gasteiger partial charge in [-0.1, -0.05) is 25.1 Å². The fraction of sp³-hybridized carbons (Fsp3) is 0.188. The van der Waals surface area contributed by atoms with Crippen LogP contribution in [0.25, 0.3) is 19.8 Å². The second kappa shape index (κ2) is 5.50. The SMILES string of the molecule is CCc1c(-c2cc3ccccc3s2)sc(C(=O)OC)c1N. The first-order valence-corrected chi connectivity index (χ1v) is 8.27. The predicted octanol–water partition coefficient (Wildman–Crippen LogP) is 4.56. The van der Waals surface area contributed by atoms with Gasteiger partial charge >= 0.3 is 5.97 Å². The summed E-state index contributed by atoms with van der Waals surface area (Å²) in [6, 6.07) is 10.4. The third kappa shape index (κ3) is 2.32. The molecule has 0 saturated heterocycles. The number of rotatable bonds is 3. The number of esters is 1. The lowest BCUT2D eigenvalue weighted by Crippen LogP contribution is -2.02. The van der Waals surface area contributed by atoms with Crippen molar-refractivity contribution in [1.82, 2.24) is 0 Å². The van der Waals surface area contributed by atoms with Crippen LogP contribution in [-0.2, 0) is 11.2 Å². The molecule has 0 atom stereocenters. The van der Waals surface area contributed by atoms with Crippen LogP contribution >= 0.6 is 22.7 Å². The molecule has 0 aliphatic carbocycles. The Kier molecular flexibility index (Phi) is 3.69. The van der Waals surface area contributed by atoms with Crippen molar-refractivity contribution >= 4 is 44.4 Å². The van der Waals surface area contributed by atoms with Crippen LogP contribution in [0.3, 0.4) is 0 Å². The second-order valence-electron chi connectivity index (χ2n) is 4.65. The Morgan fingerprint density at radius 3 is 2.71 bits per heavy atom. The smallest absolute Gasteiger partial charge is 0.350 e. The Morgan fingerprint density at radius 1 is 1.29 bits per heavy atom. The van der Waals surface area contributed by atoms with E-state index in [1.807, 2.05) is 12.1 Å². The monoisotopic (exact) mass is 317 g/mol. The summed E-state index contributed by atoms with van der Waals surface area (Å²) in [6.07, 6.45) is 0.795. The van der Waals surface area contributed by atoms with E-state index in [0.29, 0.717) is 10.6 Å². The summed E-state index contributed by atoms with van der Waals surface area (Å²) < 4.78 is 6.06. The molecule has 0 fully saturated rings. The first-order valence-electron chi connectivity index (χ1n) is 6.64. The number of hydrogen-bond acceptors (Lipinski definition) is 5. The molecule has 2 N–H and O–H groups in total. The number of fused-ring (bicyclic) bond motifs is 1. The molecule has 5 heteroatoms. The van der Waals surface area contributed by atoms with Crippen molar-refractivity contribution in [1.29, 1.82) is 0 Å². The number of carbonyl (C=O) groups is 1. The second-order valence-corrected chi connectivity index (χ2v) is 6.75. The Bertz CT molecular complexity index is 784. The van der Waals surface area contributed by atoms with Crippen LogP contribution in [0.15, 0.2) is 30.3 Å². The van der Waals surface area contributed by atoms with E-state index in [-0.39, 0.29) is 5.97 Å². The predicted molar refractivity (Wildman–Crippen MR) is 90.3 cm³/mol. The number of hydrogen-bond donors (Lipinski definition) is 1. The minimum Gasteiger partial charge on any atom is -0.465 e. The molecular formula is C16H15NO2S2. The van der Waals surface area contributed by atoms with Gasteiger partial charge in [0, 0.05) is 9.58 Å². The Morgan fingerprint density at radius 2 is 2.05 bits per heavy atom. The number of anilines is 1. The average Bonchev–Trinajstić information content (AvgIpc) is 3.06. The van der Waals surface area contributed by atoms with E-state index in [4.69, 9.17) is 10.5 Å². The number of ether oxygens (including phenoxy) is 1. The van der Waals surface area contributed by atoms with Crippen molar-refractivity contribution < 1.29 is 9.53 Å². The number of nitrogens with two attached hydrogens (primary N) is 1. The molecule has 0 bridgehead atoms. The summed E-state index contributed by atoms with van der Waals surface area (Å²) in [6.45, 7) is 2.05. The van der Waals surface area contributed by atoms with Gasteiger partial charge < -0.3 is 10.5 Å². The quantitative estimate of drug-likeness (QED) is 0.720. The fourth-order valence-electron chi connectivity index (χ4n) is 2.37. The standard InChI is InChI=1S/C16H15NO2S2/c1-3-10-13(17)15(16(18)19-2)21-14(10)12-8-9-6-4-5-7-11(9)20-12/h4-8H,3,17H2,1-2H3. The summed E-state index contributed by atoms with van der Waals surface area (Å²) in [5, 5.41) is 1.21. The zero-order chi connectivity index (χ0) is 15.0. The molecule has 0 aliphatic heterocycles. The number of thiophene rings is 2. The van der Waals surface area contributed by atoms with E-state index < -0.39 is 0 Å². The van der Waals surface area contributed by atoms with Crippen LogP contribution in [0.5, 0.6) is 0 Å². The van der Waals surface area contributed by atoms with Gasteiger partial charge in [-0.25, -0.2) is 4.79 Å². The lowest BCUT2D eigenvalue weighted by molar-refractivity contribution is 0.0607. The maximum Gasteiger partial charge on any atom is 0.350 e. The Hall–Kier alpha value is -1.85. The van der Waals surface area contributed by atoms with Gasteiger partial charge in [-0.2, -0.15) is 0 Å². The number of nitrogen functional groups attached to an aromatic ring is 1. The molecule has 0 aliphatic rings. The highest BCUT2D eigenvalue weighted by Crippen LogP contribution is 2.43. The highest BCUT2D eigenvalue weighted by molar-refractivity contribution is 7.26. The van der Waals surface area contributed by atoms with Gasteiger partial charge in [0.15, 0.2) is 0 Å². The maximum atomic E-state index is 11.8. The normalized spacial score (nSPS) is 11.0. The Balaban J connectivity index is 2.19. The van der Waals surface area contributed by atoms with E-state index in [1.165, 1.54) is 28.5 Å². The zero-order valence-corrected chi connectivity index (χ0v) is 13.4. The molecule has 3 aromatic rings. The molecule has 108 valence electrons. The largest absolute Gasteiger partial charge is 0.465 e. The molecule has 2 aromatic heterocycles. The minimum absolute atomic E-state index is 0.362. The van der Waals surface area contributed by atoms with E-state index in [9.17, 15) is 4.79 Å². The van der Waals surface area contributed by atoms with E-state index in [0.717, 1.165) is 21.7 Å². The summed E-state index contributed by atoms with van der Waals surface area (Å²) in [7, 11) is 1.38. The van der Waals surface area contributed by atoms with Crippen LogP contribution in [0.1, 0.15) is 22.2 Å². The van der Waals surface area contributed by atoms with Crippen LogP contribution in [0.4, 0.5) is 5.69 Å². The molecular weight excluding hydrogens is 302 g/mol. The molecule has 0 radical (unpaired) electrons.